The number of benzene rings is 1. The molecule has 0 unspecified atom stereocenters. The second-order valence-electron chi connectivity index (χ2n) is 4.80. The highest BCUT2D eigenvalue weighted by Gasteiger charge is 1.91. The van der Waals surface area contributed by atoms with Crippen LogP contribution < -0.4 is 5.73 Å². The lowest BCUT2D eigenvalue weighted by Gasteiger charge is -1.97. The Morgan fingerprint density at radius 1 is 1.11 bits per heavy atom. The molecule has 1 rings (SSSR count). The largest absolute Gasteiger partial charge is 0.478 e. The summed E-state index contributed by atoms with van der Waals surface area (Å²) in [6.07, 6.45) is 10.3. The van der Waals surface area contributed by atoms with Crippen molar-refractivity contribution in [2.45, 2.75) is 19.8 Å². The van der Waals surface area contributed by atoms with Gasteiger partial charge in [0, 0.05) is 12.2 Å². The monoisotopic (exact) mass is 373 g/mol. The van der Waals surface area contributed by atoms with E-state index in [1.54, 1.807) is 6.08 Å². The molecule has 27 heavy (non-hydrogen) atoms. The lowest BCUT2D eigenvalue weighted by Crippen LogP contribution is -2.04. The number of unbranched alkanes of at least 4 members (excludes halogenated alkanes) is 1. The minimum atomic E-state index is -0.933. The third kappa shape index (κ3) is 22.6. The average Bonchev–Trinajstić information content (AvgIpc) is 2.67. The number of carboxylic acid groups (broad SMARTS) is 1. The molecule has 6 nitrogen and oxygen atoms in total. The van der Waals surface area contributed by atoms with Crippen molar-refractivity contribution in [2.75, 3.05) is 6.61 Å². The summed E-state index contributed by atoms with van der Waals surface area (Å²) in [5.41, 5.74) is 5.59. The van der Waals surface area contributed by atoms with E-state index in [0.717, 1.165) is 30.6 Å². The predicted molar refractivity (Wildman–Crippen MR) is 108 cm³/mol. The average molecular weight is 373 g/mol. The van der Waals surface area contributed by atoms with Crippen LogP contribution in [0.1, 0.15) is 25.3 Å². The number of aliphatic carboxylic acids is 1. The Labute approximate surface area is 160 Å². The topological polar surface area (TPSA) is 107 Å². The third-order valence-electron chi connectivity index (χ3n) is 2.55. The van der Waals surface area contributed by atoms with E-state index in [0.29, 0.717) is 6.61 Å². The molecule has 0 aliphatic heterocycles. The molecule has 0 spiro atoms. The number of primary amides is 1. The molecule has 1 aromatic rings. The van der Waals surface area contributed by atoms with Crippen LogP contribution in [0.4, 0.5) is 0 Å². The number of esters is 1. The fourth-order valence-corrected chi connectivity index (χ4v) is 1.24. The van der Waals surface area contributed by atoms with Crippen LogP contribution in [0.15, 0.2) is 73.9 Å². The summed E-state index contributed by atoms with van der Waals surface area (Å²) in [6, 6.07) is 9.70. The summed E-state index contributed by atoms with van der Waals surface area (Å²) in [7, 11) is 0. The molecule has 1 amide bonds. The Morgan fingerprint density at radius 3 is 2.15 bits per heavy atom. The van der Waals surface area contributed by atoms with Gasteiger partial charge in [-0.25, -0.2) is 9.59 Å². The molecule has 0 aromatic heterocycles. The first-order valence-corrected chi connectivity index (χ1v) is 8.21. The van der Waals surface area contributed by atoms with E-state index in [1.807, 2.05) is 43.3 Å². The fourth-order valence-electron chi connectivity index (χ4n) is 1.24. The molecule has 1 aromatic carbocycles. The number of carbonyl (C=O) groups is 3. The summed E-state index contributed by atoms with van der Waals surface area (Å²) in [5.74, 6) is -1.74. The van der Waals surface area contributed by atoms with E-state index in [9.17, 15) is 14.4 Å². The smallest absolute Gasteiger partial charge is 0.330 e. The second-order valence-corrected chi connectivity index (χ2v) is 4.80. The van der Waals surface area contributed by atoms with Crippen molar-refractivity contribution < 1.29 is 24.2 Å². The van der Waals surface area contributed by atoms with Crippen molar-refractivity contribution in [1.82, 2.24) is 0 Å². The first-order valence-electron chi connectivity index (χ1n) is 8.21. The van der Waals surface area contributed by atoms with Gasteiger partial charge in [0.25, 0.3) is 0 Å². The number of ether oxygens (including phenoxy) is 1. The van der Waals surface area contributed by atoms with E-state index in [4.69, 9.17) is 5.11 Å². The number of rotatable bonds is 8. The van der Waals surface area contributed by atoms with Crippen LogP contribution in [-0.4, -0.2) is 29.6 Å². The van der Waals surface area contributed by atoms with Gasteiger partial charge >= 0.3 is 11.9 Å². The molecule has 0 aliphatic carbocycles. The lowest BCUT2D eigenvalue weighted by atomic mass is 10.2. The lowest BCUT2D eigenvalue weighted by molar-refractivity contribution is -0.138. The van der Waals surface area contributed by atoms with Crippen molar-refractivity contribution in [3.05, 3.63) is 79.4 Å². The Bertz CT molecular complexity index is 633. The Balaban J connectivity index is 0. The zero-order chi connectivity index (χ0) is 20.9. The van der Waals surface area contributed by atoms with Gasteiger partial charge < -0.3 is 15.6 Å². The zero-order valence-corrected chi connectivity index (χ0v) is 15.5. The second kappa shape index (κ2) is 18.9. The molecule has 0 saturated carbocycles. The van der Waals surface area contributed by atoms with Crippen LogP contribution >= 0.6 is 0 Å². The van der Waals surface area contributed by atoms with E-state index in [1.165, 1.54) is 12.2 Å². The molecule has 0 radical (unpaired) electrons. The number of nitrogens with two attached hydrogens (primary N) is 1. The van der Waals surface area contributed by atoms with Crippen LogP contribution in [0.3, 0.4) is 0 Å². The van der Waals surface area contributed by atoms with Crippen molar-refractivity contribution in [3.8, 4) is 0 Å². The molecule has 146 valence electrons. The van der Waals surface area contributed by atoms with Crippen LogP contribution in [0.25, 0.3) is 6.08 Å². The molecule has 0 heterocycles. The standard InChI is InChI=1S/C11H10O2.C7H12O2.C3H5NO/c12-11(13)9-5-4-8-10-6-2-1-3-7-10;1-3-5-6-9-7(8)4-2;1-2-3(4)5/h1-9H,(H,12,13);4H,2-3,5-6H2,1H3;2H,1H2,(H2,4,5). The van der Waals surface area contributed by atoms with Gasteiger partial charge in [0.2, 0.25) is 5.91 Å². The van der Waals surface area contributed by atoms with E-state index >= 15 is 0 Å². The molecular weight excluding hydrogens is 346 g/mol. The van der Waals surface area contributed by atoms with Crippen molar-refractivity contribution in [3.63, 3.8) is 0 Å². The molecule has 0 atom stereocenters. The van der Waals surface area contributed by atoms with Gasteiger partial charge in [0.1, 0.15) is 0 Å². The minimum absolute atomic E-state index is 0.330. The summed E-state index contributed by atoms with van der Waals surface area (Å²) in [5, 5.41) is 8.29. The van der Waals surface area contributed by atoms with Gasteiger partial charge in [0.15, 0.2) is 0 Å². The SMILES string of the molecule is C=CC(=O)OCCCC.C=CC(N)=O.O=C(O)C=CC=Cc1ccccc1. The number of hydrogen-bond acceptors (Lipinski definition) is 4. The van der Waals surface area contributed by atoms with E-state index in [2.05, 4.69) is 23.6 Å². The van der Waals surface area contributed by atoms with Gasteiger partial charge in [-0.3, -0.25) is 4.79 Å². The summed E-state index contributed by atoms with van der Waals surface area (Å²) < 4.78 is 4.67. The Morgan fingerprint density at radius 2 is 1.70 bits per heavy atom. The maximum absolute atomic E-state index is 10.3. The summed E-state index contributed by atoms with van der Waals surface area (Å²) in [6.45, 7) is 8.91. The quantitative estimate of drug-likeness (QED) is 0.314. The number of amides is 1. The molecule has 3 N–H and O–H groups in total. The molecular formula is C21H27NO5. The summed E-state index contributed by atoms with van der Waals surface area (Å²) in [4.78, 5) is 29.9. The Kier molecular flexibility index (Phi) is 18.1. The van der Waals surface area contributed by atoms with Gasteiger partial charge in [-0.05, 0) is 18.1 Å². The normalized spacial score (nSPS) is 9.37. The maximum atomic E-state index is 10.3. The summed E-state index contributed by atoms with van der Waals surface area (Å²) >= 11 is 0. The first-order chi connectivity index (χ1) is 12.9. The molecule has 0 bridgehead atoms. The molecule has 0 saturated heterocycles. The van der Waals surface area contributed by atoms with Gasteiger partial charge in [0.05, 0.1) is 6.61 Å². The van der Waals surface area contributed by atoms with Crippen LogP contribution in [0.5, 0.6) is 0 Å². The zero-order valence-electron chi connectivity index (χ0n) is 15.5. The molecule has 0 fully saturated rings. The van der Waals surface area contributed by atoms with Crippen LogP contribution in [-0.2, 0) is 19.1 Å². The fraction of sp³-hybridized carbons (Fsp3) is 0.190. The van der Waals surface area contributed by atoms with Gasteiger partial charge in [-0.15, -0.1) is 0 Å². The third-order valence-corrected chi connectivity index (χ3v) is 2.55. The van der Waals surface area contributed by atoms with E-state index < -0.39 is 11.9 Å². The number of allylic oxidation sites excluding steroid dienone is 2. The number of carboxylic acids is 1. The first kappa shape index (κ1) is 25.8. The van der Waals surface area contributed by atoms with Crippen molar-refractivity contribution in [2.24, 2.45) is 5.73 Å². The highest BCUT2D eigenvalue weighted by atomic mass is 16.5. The Hall–Kier alpha value is -3.41. The predicted octanol–water partition coefficient (Wildman–Crippen LogP) is 3.51. The van der Waals surface area contributed by atoms with Crippen molar-refractivity contribution in [1.29, 1.82) is 0 Å². The van der Waals surface area contributed by atoms with Gasteiger partial charge in [-0.1, -0.05) is 75.1 Å². The van der Waals surface area contributed by atoms with Gasteiger partial charge in [-0.2, -0.15) is 0 Å². The number of carbonyl (C=O) groups excluding carboxylic acids is 2. The number of hydrogen-bond donors (Lipinski definition) is 2. The maximum Gasteiger partial charge on any atom is 0.330 e. The van der Waals surface area contributed by atoms with Crippen LogP contribution in [0, 0.1) is 0 Å². The minimum Gasteiger partial charge on any atom is -0.478 e. The van der Waals surface area contributed by atoms with Crippen LogP contribution in [0.2, 0.25) is 0 Å². The highest BCUT2D eigenvalue weighted by molar-refractivity contribution is 5.85. The highest BCUT2D eigenvalue weighted by Crippen LogP contribution is 2.00. The molecule has 6 heteroatoms. The van der Waals surface area contributed by atoms with Crippen molar-refractivity contribution >= 4 is 23.9 Å². The molecule has 0 aliphatic rings. The van der Waals surface area contributed by atoms with E-state index in [-0.39, 0.29) is 5.97 Å².